The summed E-state index contributed by atoms with van der Waals surface area (Å²) in [6.07, 6.45) is 4.43. The minimum absolute atomic E-state index is 0.0657. The van der Waals surface area contributed by atoms with Gasteiger partial charge in [0.1, 0.15) is 0 Å². The van der Waals surface area contributed by atoms with Crippen molar-refractivity contribution >= 4 is 33.3 Å². The summed E-state index contributed by atoms with van der Waals surface area (Å²) in [6, 6.07) is 40.8. The van der Waals surface area contributed by atoms with Crippen LogP contribution in [0.5, 0.6) is 0 Å². The molecule has 1 atom stereocenters. The van der Waals surface area contributed by atoms with E-state index in [9.17, 15) is 0 Å². The van der Waals surface area contributed by atoms with E-state index in [0.29, 0.717) is 0 Å². The molecule has 30 heavy (non-hydrogen) atoms. The Morgan fingerprint density at radius 2 is 1.13 bits per heavy atom. The monoisotopic (exact) mass is 385 g/mol. The minimum Gasteiger partial charge on any atom is -0.375 e. The average Bonchev–Trinajstić information content (AvgIpc) is 2.82. The molecule has 1 nitrogen and oxygen atoms in total. The van der Waals surface area contributed by atoms with Crippen molar-refractivity contribution in [3.05, 3.63) is 132 Å². The van der Waals surface area contributed by atoms with Gasteiger partial charge in [0.2, 0.25) is 0 Å². The van der Waals surface area contributed by atoms with Crippen LogP contribution in [-0.4, -0.2) is 0 Å². The zero-order valence-electron chi connectivity index (χ0n) is 16.7. The van der Waals surface area contributed by atoms with Crippen LogP contribution in [0.25, 0.3) is 27.6 Å². The maximum absolute atomic E-state index is 3.74. The highest BCUT2D eigenvalue weighted by Crippen LogP contribution is 2.27. The number of anilines is 1. The Hall–Kier alpha value is -3.84. The van der Waals surface area contributed by atoms with Gasteiger partial charge in [-0.2, -0.15) is 0 Å². The average molecular weight is 386 g/mol. The normalized spacial score (nSPS) is 12.4. The molecule has 0 bridgehead atoms. The first-order valence-electron chi connectivity index (χ1n) is 10.3. The van der Waals surface area contributed by atoms with Crippen LogP contribution in [0.2, 0.25) is 0 Å². The van der Waals surface area contributed by atoms with Gasteiger partial charge in [0, 0.05) is 5.69 Å². The van der Waals surface area contributed by atoms with E-state index in [1.807, 2.05) is 6.07 Å². The molecule has 0 aliphatic heterocycles. The van der Waals surface area contributed by atoms with Crippen molar-refractivity contribution in [3.63, 3.8) is 0 Å². The molecule has 5 aromatic carbocycles. The number of rotatable bonds is 5. The van der Waals surface area contributed by atoms with E-state index in [4.69, 9.17) is 0 Å². The Kier molecular flexibility index (Phi) is 5.01. The predicted molar refractivity (Wildman–Crippen MR) is 130 cm³/mol. The van der Waals surface area contributed by atoms with Crippen molar-refractivity contribution in [1.29, 1.82) is 0 Å². The van der Waals surface area contributed by atoms with Gasteiger partial charge in [-0.15, -0.1) is 0 Å². The fourth-order valence-electron chi connectivity index (χ4n) is 3.87. The summed E-state index contributed by atoms with van der Waals surface area (Å²) in [5.41, 5.74) is 3.56. The molecule has 0 saturated carbocycles. The molecular weight excluding hydrogens is 362 g/mol. The summed E-state index contributed by atoms with van der Waals surface area (Å²) in [5, 5.41) is 8.75. The summed E-state index contributed by atoms with van der Waals surface area (Å²) in [7, 11) is 0. The summed E-state index contributed by atoms with van der Waals surface area (Å²) >= 11 is 0. The molecule has 0 spiro atoms. The first kappa shape index (κ1) is 18.2. The molecular formula is C29H23N. The molecule has 5 aromatic rings. The molecule has 0 heterocycles. The van der Waals surface area contributed by atoms with Crippen LogP contribution >= 0.6 is 0 Å². The van der Waals surface area contributed by atoms with Crippen LogP contribution < -0.4 is 5.32 Å². The van der Waals surface area contributed by atoms with E-state index in [0.717, 1.165) is 5.69 Å². The number of benzene rings is 5. The highest BCUT2D eigenvalue weighted by atomic mass is 14.9. The minimum atomic E-state index is 0.0657. The molecule has 1 heteroatoms. The summed E-state index contributed by atoms with van der Waals surface area (Å²) in [5.74, 6) is 0. The quantitative estimate of drug-likeness (QED) is 0.325. The van der Waals surface area contributed by atoms with Crippen molar-refractivity contribution < 1.29 is 0 Å². The van der Waals surface area contributed by atoms with Crippen molar-refractivity contribution in [1.82, 2.24) is 0 Å². The van der Waals surface area contributed by atoms with Crippen LogP contribution in [0.4, 0.5) is 5.69 Å². The zero-order chi connectivity index (χ0) is 20.2. The van der Waals surface area contributed by atoms with E-state index < -0.39 is 0 Å². The second-order valence-electron chi connectivity index (χ2n) is 7.56. The molecule has 0 saturated heterocycles. The first-order chi connectivity index (χ1) is 14.8. The molecule has 1 unspecified atom stereocenters. The molecule has 1 N–H and O–H groups in total. The lowest BCUT2D eigenvalue weighted by atomic mass is 10.00. The molecule has 5 rings (SSSR count). The fraction of sp³-hybridized carbons (Fsp3) is 0.0345. The molecule has 0 fully saturated rings. The maximum Gasteiger partial charge on any atom is 0.0701 e. The van der Waals surface area contributed by atoms with E-state index in [2.05, 4.69) is 127 Å². The standard InChI is InChI=1S/C29H23N/c1-2-8-22(9-3-1)14-19-29(27-16-15-23-10-4-6-12-25(23)20-27)30-28-18-17-24-11-5-7-13-26(24)21-28/h1-21,29-30H. The number of nitrogens with one attached hydrogen (secondary N) is 1. The highest BCUT2D eigenvalue weighted by Gasteiger charge is 2.09. The maximum atomic E-state index is 3.74. The van der Waals surface area contributed by atoms with Gasteiger partial charge in [0.15, 0.2) is 0 Å². The Balaban J connectivity index is 1.53. The Morgan fingerprint density at radius 3 is 1.87 bits per heavy atom. The van der Waals surface area contributed by atoms with Gasteiger partial charge >= 0.3 is 0 Å². The Labute approximate surface area is 177 Å². The molecule has 0 amide bonds. The first-order valence-corrected chi connectivity index (χ1v) is 10.3. The third-order valence-corrected chi connectivity index (χ3v) is 5.48. The smallest absolute Gasteiger partial charge is 0.0701 e. The third-order valence-electron chi connectivity index (χ3n) is 5.48. The number of hydrogen-bond donors (Lipinski definition) is 1. The van der Waals surface area contributed by atoms with E-state index in [-0.39, 0.29) is 6.04 Å². The van der Waals surface area contributed by atoms with Crippen LogP contribution in [0.15, 0.2) is 121 Å². The third kappa shape index (κ3) is 3.97. The lowest BCUT2D eigenvalue weighted by Crippen LogP contribution is -2.08. The van der Waals surface area contributed by atoms with Crippen molar-refractivity contribution in [2.45, 2.75) is 6.04 Å². The van der Waals surface area contributed by atoms with E-state index in [1.165, 1.54) is 32.7 Å². The van der Waals surface area contributed by atoms with Crippen LogP contribution in [0, 0.1) is 0 Å². The van der Waals surface area contributed by atoms with Gasteiger partial charge in [0.05, 0.1) is 6.04 Å². The van der Waals surface area contributed by atoms with Crippen molar-refractivity contribution in [3.8, 4) is 0 Å². The number of hydrogen-bond acceptors (Lipinski definition) is 1. The molecule has 0 aliphatic carbocycles. The highest BCUT2D eigenvalue weighted by molar-refractivity contribution is 5.86. The van der Waals surface area contributed by atoms with Crippen LogP contribution in [0.1, 0.15) is 17.2 Å². The summed E-state index contributed by atoms with van der Waals surface area (Å²) < 4.78 is 0. The van der Waals surface area contributed by atoms with Crippen LogP contribution in [0.3, 0.4) is 0 Å². The largest absolute Gasteiger partial charge is 0.375 e. The predicted octanol–water partition coefficient (Wildman–Crippen LogP) is 7.86. The Morgan fingerprint density at radius 1 is 0.533 bits per heavy atom. The van der Waals surface area contributed by atoms with Crippen LogP contribution in [-0.2, 0) is 0 Å². The van der Waals surface area contributed by atoms with Gasteiger partial charge in [-0.3, -0.25) is 0 Å². The zero-order valence-corrected chi connectivity index (χ0v) is 16.7. The Bertz CT molecular complexity index is 1320. The van der Waals surface area contributed by atoms with E-state index in [1.54, 1.807) is 0 Å². The summed E-state index contributed by atoms with van der Waals surface area (Å²) in [4.78, 5) is 0. The van der Waals surface area contributed by atoms with Crippen molar-refractivity contribution in [2.24, 2.45) is 0 Å². The fourth-order valence-corrected chi connectivity index (χ4v) is 3.87. The molecule has 0 aliphatic rings. The van der Waals surface area contributed by atoms with E-state index >= 15 is 0 Å². The van der Waals surface area contributed by atoms with Gasteiger partial charge in [0.25, 0.3) is 0 Å². The second kappa shape index (κ2) is 8.26. The molecule has 0 radical (unpaired) electrons. The second-order valence-corrected chi connectivity index (χ2v) is 7.56. The van der Waals surface area contributed by atoms with Gasteiger partial charge in [-0.05, 0) is 50.9 Å². The SMILES string of the molecule is C(=CC(Nc1ccc2ccccc2c1)c1ccc2ccccc2c1)c1ccccc1. The van der Waals surface area contributed by atoms with Gasteiger partial charge < -0.3 is 5.32 Å². The lowest BCUT2D eigenvalue weighted by molar-refractivity contribution is 0.993. The van der Waals surface area contributed by atoms with Gasteiger partial charge in [-0.1, -0.05) is 109 Å². The molecule has 0 aromatic heterocycles. The topological polar surface area (TPSA) is 12.0 Å². The van der Waals surface area contributed by atoms with Crippen molar-refractivity contribution in [2.75, 3.05) is 5.32 Å². The molecule has 144 valence electrons. The number of fused-ring (bicyclic) bond motifs is 2. The van der Waals surface area contributed by atoms with Gasteiger partial charge in [-0.25, -0.2) is 0 Å². The lowest BCUT2D eigenvalue weighted by Gasteiger charge is -2.18. The summed E-state index contributed by atoms with van der Waals surface area (Å²) in [6.45, 7) is 0.